The Kier molecular flexibility index (Phi) is 8.37. The van der Waals surface area contributed by atoms with Gasteiger partial charge in [0.05, 0.1) is 13.1 Å². The van der Waals surface area contributed by atoms with E-state index >= 15 is 0 Å². The lowest BCUT2D eigenvalue weighted by atomic mass is 10.2. The number of likely N-dealkylation sites (tertiary alicyclic amines) is 2. The normalized spacial score (nSPS) is 19.6. The zero-order valence-electron chi connectivity index (χ0n) is 19.0. The number of esters is 2. The van der Waals surface area contributed by atoms with E-state index in [2.05, 4.69) is 15.4 Å². The van der Waals surface area contributed by atoms with Gasteiger partial charge >= 0.3 is 24.1 Å². The average Bonchev–Trinajstić information content (AvgIpc) is 3.51. The van der Waals surface area contributed by atoms with Crippen LogP contribution in [0.1, 0.15) is 25.7 Å². The molecule has 2 aliphatic rings. The number of ether oxygens (including phenoxy) is 1. The predicted molar refractivity (Wildman–Crippen MR) is 118 cm³/mol. The largest absolute Gasteiger partial charge is 0.491 e. The fraction of sp³-hybridized carbons (Fsp3) is 0.500. The summed E-state index contributed by atoms with van der Waals surface area (Å²) in [6.07, 6.45) is -3.87. The number of amides is 2. The van der Waals surface area contributed by atoms with Crippen LogP contribution in [0.25, 0.3) is 0 Å². The Morgan fingerprint density at radius 3 is 1.92 bits per heavy atom. The number of halogens is 3. The lowest BCUT2D eigenvalue weighted by Crippen LogP contribution is -2.45. The van der Waals surface area contributed by atoms with E-state index in [0.29, 0.717) is 37.2 Å². The Bertz CT molecular complexity index is 1030. The molecule has 11 nitrogen and oxygen atoms in total. The highest BCUT2D eigenvalue weighted by atomic mass is 19.4. The Labute approximate surface area is 203 Å². The zero-order chi connectivity index (χ0) is 26.5. The van der Waals surface area contributed by atoms with Crippen molar-refractivity contribution in [2.24, 2.45) is 0 Å². The number of hydrogen-bond donors (Lipinski definition) is 3. The van der Waals surface area contributed by atoms with Gasteiger partial charge in [0.15, 0.2) is 0 Å². The van der Waals surface area contributed by atoms with Crippen LogP contribution in [-0.2, 0) is 28.7 Å². The third kappa shape index (κ3) is 6.64. The molecule has 2 fully saturated rings. The lowest BCUT2D eigenvalue weighted by molar-refractivity contribution is -0.203. The molecular formula is C22H25F3N4O7. The van der Waals surface area contributed by atoms with Gasteiger partial charge in [-0.05, 0) is 43.9 Å². The number of carbonyl (C=O) groups is 5. The van der Waals surface area contributed by atoms with Gasteiger partial charge in [-0.2, -0.15) is 13.2 Å². The van der Waals surface area contributed by atoms with Crippen LogP contribution < -0.4 is 10.6 Å². The van der Waals surface area contributed by atoms with E-state index in [0.717, 1.165) is 4.90 Å². The number of nitrogens with one attached hydrogen (secondary N) is 2. The van der Waals surface area contributed by atoms with Crippen LogP contribution in [-0.4, -0.2) is 89.1 Å². The summed E-state index contributed by atoms with van der Waals surface area (Å²) in [5, 5.41) is 15.0. The van der Waals surface area contributed by atoms with Crippen LogP contribution in [0.15, 0.2) is 24.3 Å². The molecule has 0 saturated carbocycles. The van der Waals surface area contributed by atoms with Crippen molar-refractivity contribution in [1.29, 1.82) is 0 Å². The van der Waals surface area contributed by atoms with Crippen molar-refractivity contribution < 1.29 is 47.0 Å². The maximum Gasteiger partial charge on any atom is 0.491 e. The van der Waals surface area contributed by atoms with E-state index in [4.69, 9.17) is 0 Å². The van der Waals surface area contributed by atoms with Crippen molar-refractivity contribution in [3.05, 3.63) is 24.3 Å². The van der Waals surface area contributed by atoms with Crippen molar-refractivity contribution in [3.8, 4) is 0 Å². The number of benzene rings is 1. The molecule has 0 unspecified atom stereocenters. The van der Waals surface area contributed by atoms with E-state index in [-0.39, 0.29) is 32.0 Å². The smallest absolute Gasteiger partial charge is 0.480 e. The molecule has 3 rings (SSSR count). The Morgan fingerprint density at radius 2 is 1.42 bits per heavy atom. The minimum absolute atomic E-state index is 0.0723. The molecule has 2 aliphatic heterocycles. The average molecular weight is 514 g/mol. The second-order valence-corrected chi connectivity index (χ2v) is 8.32. The Morgan fingerprint density at radius 1 is 0.917 bits per heavy atom. The molecule has 2 saturated heterocycles. The van der Waals surface area contributed by atoms with Crippen molar-refractivity contribution >= 4 is 41.1 Å². The van der Waals surface area contributed by atoms with Gasteiger partial charge in [0.25, 0.3) is 0 Å². The first-order valence-corrected chi connectivity index (χ1v) is 11.2. The summed E-state index contributed by atoms with van der Waals surface area (Å²) in [5.41, 5.74) is 1.01. The molecule has 14 heteroatoms. The summed E-state index contributed by atoms with van der Waals surface area (Å²) >= 11 is 0. The van der Waals surface area contributed by atoms with Gasteiger partial charge in [-0.15, -0.1) is 0 Å². The van der Waals surface area contributed by atoms with Crippen molar-refractivity contribution in [2.45, 2.75) is 43.9 Å². The molecule has 0 spiro atoms. The van der Waals surface area contributed by atoms with E-state index in [9.17, 15) is 42.3 Å². The summed E-state index contributed by atoms with van der Waals surface area (Å²) in [6, 6.07) is 4.44. The number of anilines is 2. The summed E-state index contributed by atoms with van der Waals surface area (Å²) in [5.74, 6) is -6.03. The minimum atomic E-state index is -5.32. The third-order valence-electron chi connectivity index (χ3n) is 5.88. The first-order valence-electron chi connectivity index (χ1n) is 11.2. The van der Waals surface area contributed by atoms with Crippen molar-refractivity contribution in [1.82, 2.24) is 9.80 Å². The maximum absolute atomic E-state index is 12.6. The maximum atomic E-state index is 12.6. The van der Waals surface area contributed by atoms with E-state index in [1.165, 1.54) is 4.90 Å². The molecule has 3 N–H and O–H groups in total. The Hall–Kier alpha value is -3.84. The molecule has 0 bridgehead atoms. The number of carboxylic acid groups (broad SMARTS) is 1. The van der Waals surface area contributed by atoms with Crippen LogP contribution in [0.4, 0.5) is 24.5 Å². The fourth-order valence-corrected chi connectivity index (χ4v) is 4.15. The molecule has 2 heterocycles. The molecule has 36 heavy (non-hydrogen) atoms. The van der Waals surface area contributed by atoms with Crippen molar-refractivity contribution in [3.63, 3.8) is 0 Å². The molecule has 0 aliphatic carbocycles. The summed E-state index contributed by atoms with van der Waals surface area (Å²) in [7, 11) is 0. The van der Waals surface area contributed by atoms with Gasteiger partial charge in [0.2, 0.25) is 11.8 Å². The Balaban J connectivity index is 1.51. The number of carbonyl (C=O) groups excluding carboxylic acids is 4. The van der Waals surface area contributed by atoms with Gasteiger partial charge in [-0.25, -0.2) is 14.4 Å². The lowest BCUT2D eigenvalue weighted by Gasteiger charge is -2.23. The highest BCUT2D eigenvalue weighted by molar-refractivity contribution is 5.94. The molecule has 0 aromatic heterocycles. The predicted octanol–water partition coefficient (Wildman–Crippen LogP) is 1.21. The fourth-order valence-electron chi connectivity index (χ4n) is 4.15. The van der Waals surface area contributed by atoms with Crippen molar-refractivity contribution in [2.75, 3.05) is 36.8 Å². The van der Waals surface area contributed by atoms with Crippen LogP contribution >= 0.6 is 0 Å². The standard InChI is InChI=1S/C22H25F3N4O7/c23-22(24,25)21(35)36-20(34)16-7-3-9-29(16)18(31)12-27-14-5-1-4-13(10-14)26-11-17(30)28-8-2-6-15(28)19(32)33/h1,4-5,10,15-16,26-27H,2-3,6-9,11-12H2,(H,32,33)/t15-,16-/m1/s1. The number of carboxylic acids is 1. The third-order valence-corrected chi connectivity index (χ3v) is 5.88. The molecular weight excluding hydrogens is 489 g/mol. The first-order chi connectivity index (χ1) is 17.0. The van der Waals surface area contributed by atoms with Crippen LogP contribution in [0.2, 0.25) is 0 Å². The summed E-state index contributed by atoms with van der Waals surface area (Å²) in [6.45, 7) is 0.0858. The highest BCUT2D eigenvalue weighted by Crippen LogP contribution is 2.23. The number of alkyl halides is 3. The number of hydrogen-bond acceptors (Lipinski definition) is 8. The topological polar surface area (TPSA) is 145 Å². The second kappa shape index (κ2) is 11.3. The molecule has 2 atom stereocenters. The van der Waals surface area contributed by atoms with Gasteiger partial charge < -0.3 is 30.3 Å². The molecule has 1 aromatic carbocycles. The molecule has 1 aromatic rings. The summed E-state index contributed by atoms with van der Waals surface area (Å²) < 4.78 is 40.9. The van der Waals surface area contributed by atoms with Gasteiger partial charge in [-0.1, -0.05) is 6.07 Å². The van der Waals surface area contributed by atoms with Gasteiger partial charge in [0.1, 0.15) is 12.1 Å². The summed E-state index contributed by atoms with van der Waals surface area (Å²) in [4.78, 5) is 61.5. The SMILES string of the molecule is O=C(O)[C@H]1CCCN1C(=O)CNc1cccc(NCC(=O)N2CCC[C@@H]2C(=O)OC(=O)C(F)(F)F)c1. The molecule has 196 valence electrons. The zero-order valence-corrected chi connectivity index (χ0v) is 19.0. The number of nitrogens with zero attached hydrogens (tertiary/aromatic N) is 2. The molecule has 0 radical (unpaired) electrons. The quantitative estimate of drug-likeness (QED) is 0.344. The van der Waals surface area contributed by atoms with E-state index < -0.39 is 42.1 Å². The highest BCUT2D eigenvalue weighted by Gasteiger charge is 2.45. The monoisotopic (exact) mass is 514 g/mol. The van der Waals surface area contributed by atoms with E-state index in [1.54, 1.807) is 24.3 Å². The second-order valence-electron chi connectivity index (χ2n) is 8.32. The molecule has 2 amide bonds. The van der Waals surface area contributed by atoms with Gasteiger partial charge in [0, 0.05) is 24.5 Å². The number of rotatable bonds is 8. The van der Waals surface area contributed by atoms with Gasteiger partial charge in [-0.3, -0.25) is 9.59 Å². The van der Waals surface area contributed by atoms with Crippen LogP contribution in [0.5, 0.6) is 0 Å². The van der Waals surface area contributed by atoms with Crippen LogP contribution in [0, 0.1) is 0 Å². The van der Waals surface area contributed by atoms with E-state index in [1.807, 2.05) is 0 Å². The minimum Gasteiger partial charge on any atom is -0.480 e. The first kappa shape index (κ1) is 26.8. The number of aliphatic carboxylic acids is 1. The van der Waals surface area contributed by atoms with Crippen LogP contribution in [0.3, 0.4) is 0 Å².